The van der Waals surface area contributed by atoms with E-state index < -0.39 is 0 Å². The standard InChI is InChI=1S/C24H21N/c1-18-9-8-14-22-23(17-25-24(18)22)21(20-12-6-3-7-13-20)16-15-19-10-4-2-5-11-19/h2-17,21,25H,1H3/b16-15+. The van der Waals surface area contributed by atoms with Crippen molar-refractivity contribution in [1.82, 2.24) is 4.98 Å². The first kappa shape index (κ1) is 15.5. The van der Waals surface area contributed by atoms with Crippen molar-refractivity contribution in [1.29, 1.82) is 0 Å². The monoisotopic (exact) mass is 323 g/mol. The molecule has 1 unspecified atom stereocenters. The first-order valence-electron chi connectivity index (χ1n) is 8.68. The number of allylic oxidation sites excluding steroid dienone is 1. The fraction of sp³-hybridized carbons (Fsp3) is 0.0833. The molecule has 1 N–H and O–H groups in total. The third-order valence-corrected chi connectivity index (χ3v) is 4.73. The molecule has 0 aliphatic carbocycles. The maximum absolute atomic E-state index is 3.47. The van der Waals surface area contributed by atoms with Crippen molar-refractivity contribution in [2.45, 2.75) is 12.8 Å². The van der Waals surface area contributed by atoms with Crippen LogP contribution < -0.4 is 0 Å². The van der Waals surface area contributed by atoms with Gasteiger partial charge in [-0.2, -0.15) is 0 Å². The molecule has 122 valence electrons. The van der Waals surface area contributed by atoms with Crippen LogP contribution in [0.1, 0.15) is 28.2 Å². The van der Waals surface area contributed by atoms with E-state index in [1.165, 1.54) is 33.2 Å². The Labute approximate surface area is 148 Å². The number of rotatable bonds is 4. The molecule has 4 rings (SSSR count). The van der Waals surface area contributed by atoms with Gasteiger partial charge in [0.15, 0.2) is 0 Å². The predicted octanol–water partition coefficient (Wildman–Crippen LogP) is 6.32. The Kier molecular flexibility index (Phi) is 4.22. The van der Waals surface area contributed by atoms with E-state index in [1.807, 2.05) is 0 Å². The molecule has 1 atom stereocenters. The molecule has 1 heteroatoms. The van der Waals surface area contributed by atoms with Crippen LogP contribution in [0.15, 0.2) is 91.1 Å². The molecule has 25 heavy (non-hydrogen) atoms. The first-order valence-corrected chi connectivity index (χ1v) is 8.68. The van der Waals surface area contributed by atoms with Crippen molar-refractivity contribution in [2.24, 2.45) is 0 Å². The zero-order chi connectivity index (χ0) is 17.1. The van der Waals surface area contributed by atoms with Crippen molar-refractivity contribution >= 4 is 17.0 Å². The SMILES string of the molecule is Cc1cccc2c(C(/C=C/c3ccccc3)c3ccccc3)c[nH]c12. The molecular weight excluding hydrogens is 302 g/mol. The number of para-hydroxylation sites is 1. The Bertz CT molecular complexity index is 994. The Morgan fingerprint density at radius 3 is 2.28 bits per heavy atom. The fourth-order valence-corrected chi connectivity index (χ4v) is 3.41. The summed E-state index contributed by atoms with van der Waals surface area (Å²) < 4.78 is 0. The molecule has 1 heterocycles. The molecule has 0 aliphatic heterocycles. The summed E-state index contributed by atoms with van der Waals surface area (Å²) in [6.07, 6.45) is 6.67. The van der Waals surface area contributed by atoms with Crippen LogP contribution >= 0.6 is 0 Å². The lowest BCUT2D eigenvalue weighted by Gasteiger charge is -2.13. The van der Waals surface area contributed by atoms with Crippen molar-refractivity contribution in [3.63, 3.8) is 0 Å². The summed E-state index contributed by atoms with van der Waals surface area (Å²) in [6.45, 7) is 2.15. The van der Waals surface area contributed by atoms with Crippen LogP contribution in [-0.2, 0) is 0 Å². The van der Waals surface area contributed by atoms with Crippen molar-refractivity contribution in [3.05, 3.63) is 113 Å². The van der Waals surface area contributed by atoms with Crippen LogP contribution in [0, 0.1) is 6.92 Å². The molecule has 0 saturated carbocycles. The summed E-state index contributed by atoms with van der Waals surface area (Å²) in [7, 11) is 0. The average molecular weight is 323 g/mol. The smallest absolute Gasteiger partial charge is 0.0486 e. The van der Waals surface area contributed by atoms with Crippen molar-refractivity contribution in [3.8, 4) is 0 Å². The van der Waals surface area contributed by atoms with E-state index in [4.69, 9.17) is 0 Å². The average Bonchev–Trinajstić information content (AvgIpc) is 3.09. The number of hydrogen-bond donors (Lipinski definition) is 1. The number of H-pyrrole nitrogens is 1. The van der Waals surface area contributed by atoms with Crippen LogP contribution in [-0.4, -0.2) is 4.98 Å². The highest BCUT2D eigenvalue weighted by Gasteiger charge is 2.15. The van der Waals surface area contributed by atoms with Gasteiger partial charge in [-0.1, -0.05) is 91.0 Å². The maximum Gasteiger partial charge on any atom is 0.0486 e. The van der Waals surface area contributed by atoms with Crippen LogP contribution in [0.5, 0.6) is 0 Å². The van der Waals surface area contributed by atoms with Crippen LogP contribution in [0.25, 0.3) is 17.0 Å². The van der Waals surface area contributed by atoms with Crippen LogP contribution in [0.2, 0.25) is 0 Å². The van der Waals surface area contributed by atoms with Crippen molar-refractivity contribution in [2.75, 3.05) is 0 Å². The summed E-state index contributed by atoms with van der Waals surface area (Å²) in [5.74, 6) is 0.219. The molecule has 1 nitrogen and oxygen atoms in total. The highest BCUT2D eigenvalue weighted by atomic mass is 14.7. The zero-order valence-electron chi connectivity index (χ0n) is 14.3. The van der Waals surface area contributed by atoms with E-state index in [0.717, 1.165) is 0 Å². The van der Waals surface area contributed by atoms with E-state index >= 15 is 0 Å². The van der Waals surface area contributed by atoms with E-state index in [0.29, 0.717) is 0 Å². The number of fused-ring (bicyclic) bond motifs is 1. The molecule has 1 aromatic heterocycles. The Morgan fingerprint density at radius 1 is 0.800 bits per heavy atom. The lowest BCUT2D eigenvalue weighted by atomic mass is 9.90. The summed E-state index contributed by atoms with van der Waals surface area (Å²) in [4.78, 5) is 3.47. The van der Waals surface area contributed by atoms with E-state index in [1.54, 1.807) is 0 Å². The minimum Gasteiger partial charge on any atom is -0.361 e. The van der Waals surface area contributed by atoms with Gasteiger partial charge in [-0.25, -0.2) is 0 Å². The van der Waals surface area contributed by atoms with Gasteiger partial charge >= 0.3 is 0 Å². The lowest BCUT2D eigenvalue weighted by molar-refractivity contribution is 1.04. The third kappa shape index (κ3) is 3.14. The van der Waals surface area contributed by atoms with Gasteiger partial charge in [-0.05, 0) is 29.2 Å². The predicted molar refractivity (Wildman–Crippen MR) is 107 cm³/mol. The van der Waals surface area contributed by atoms with E-state index in [-0.39, 0.29) is 5.92 Å². The Balaban J connectivity index is 1.83. The van der Waals surface area contributed by atoms with Crippen LogP contribution in [0.4, 0.5) is 0 Å². The van der Waals surface area contributed by atoms with E-state index in [9.17, 15) is 0 Å². The van der Waals surface area contributed by atoms with Gasteiger partial charge in [0.2, 0.25) is 0 Å². The fourth-order valence-electron chi connectivity index (χ4n) is 3.41. The molecule has 0 fully saturated rings. The topological polar surface area (TPSA) is 15.8 Å². The molecule has 0 radical (unpaired) electrons. The number of benzene rings is 3. The summed E-state index contributed by atoms with van der Waals surface area (Å²) >= 11 is 0. The molecule has 0 spiro atoms. The first-order chi connectivity index (χ1) is 12.3. The summed E-state index contributed by atoms with van der Waals surface area (Å²) in [6, 6.07) is 27.7. The highest BCUT2D eigenvalue weighted by molar-refractivity contribution is 5.87. The summed E-state index contributed by atoms with van der Waals surface area (Å²) in [5.41, 5.74) is 6.35. The number of aryl methyl sites for hydroxylation is 1. The second kappa shape index (κ2) is 6.82. The number of aromatic amines is 1. The number of hydrogen-bond acceptors (Lipinski definition) is 0. The normalized spacial score (nSPS) is 12.7. The molecule has 0 aliphatic rings. The lowest BCUT2D eigenvalue weighted by Crippen LogP contribution is -1.96. The molecule has 0 bridgehead atoms. The third-order valence-electron chi connectivity index (χ3n) is 4.73. The van der Waals surface area contributed by atoms with Gasteiger partial charge < -0.3 is 4.98 Å². The largest absolute Gasteiger partial charge is 0.361 e. The Morgan fingerprint density at radius 2 is 1.52 bits per heavy atom. The molecule has 0 saturated heterocycles. The molecule has 4 aromatic rings. The van der Waals surface area contributed by atoms with Gasteiger partial charge in [0.1, 0.15) is 0 Å². The number of nitrogens with one attached hydrogen (secondary N) is 1. The van der Waals surface area contributed by atoms with E-state index in [2.05, 4.69) is 109 Å². The minimum absolute atomic E-state index is 0.219. The molecule has 3 aromatic carbocycles. The Hall–Kier alpha value is -3.06. The van der Waals surface area contributed by atoms with Gasteiger partial charge in [-0.3, -0.25) is 0 Å². The number of aromatic nitrogens is 1. The second-order valence-electron chi connectivity index (χ2n) is 6.40. The van der Waals surface area contributed by atoms with Gasteiger partial charge in [0, 0.05) is 23.0 Å². The minimum atomic E-state index is 0.219. The second-order valence-corrected chi connectivity index (χ2v) is 6.40. The highest BCUT2D eigenvalue weighted by Crippen LogP contribution is 2.33. The quantitative estimate of drug-likeness (QED) is 0.452. The van der Waals surface area contributed by atoms with Gasteiger partial charge in [0.05, 0.1) is 0 Å². The maximum atomic E-state index is 3.47. The van der Waals surface area contributed by atoms with Crippen LogP contribution in [0.3, 0.4) is 0 Å². The zero-order valence-corrected chi connectivity index (χ0v) is 14.3. The molecular formula is C24H21N. The van der Waals surface area contributed by atoms with Gasteiger partial charge in [-0.15, -0.1) is 0 Å². The van der Waals surface area contributed by atoms with Crippen molar-refractivity contribution < 1.29 is 0 Å². The van der Waals surface area contributed by atoms with Gasteiger partial charge in [0.25, 0.3) is 0 Å². The summed E-state index contributed by atoms with van der Waals surface area (Å²) in [5, 5.41) is 1.30. The molecule has 0 amide bonds.